The molecule has 1 aromatic rings. The Morgan fingerprint density at radius 2 is 1.61 bits per heavy atom. The van der Waals surface area contributed by atoms with Crippen molar-refractivity contribution in [3.05, 3.63) is 35.4 Å². The summed E-state index contributed by atoms with van der Waals surface area (Å²) >= 11 is 0. The van der Waals surface area contributed by atoms with Gasteiger partial charge in [0.1, 0.15) is 0 Å². The van der Waals surface area contributed by atoms with Crippen LogP contribution in [0.4, 0.5) is 13.2 Å². The van der Waals surface area contributed by atoms with Gasteiger partial charge in [0.05, 0.1) is 18.8 Å². The van der Waals surface area contributed by atoms with E-state index in [0.29, 0.717) is 18.8 Å². The first-order valence-electron chi connectivity index (χ1n) is 5.93. The molecule has 0 N–H and O–H groups in total. The summed E-state index contributed by atoms with van der Waals surface area (Å²) in [7, 11) is 0. The van der Waals surface area contributed by atoms with Crippen molar-refractivity contribution in [3.63, 3.8) is 0 Å². The molecular weight excluding hydrogens is 241 g/mol. The van der Waals surface area contributed by atoms with E-state index in [9.17, 15) is 13.2 Å². The molecule has 0 amide bonds. The highest BCUT2D eigenvalue weighted by Crippen LogP contribution is 2.50. The van der Waals surface area contributed by atoms with E-state index in [1.165, 1.54) is 6.07 Å². The molecule has 18 heavy (non-hydrogen) atoms. The lowest BCUT2D eigenvalue weighted by Gasteiger charge is -2.52. The molecule has 1 heterocycles. The summed E-state index contributed by atoms with van der Waals surface area (Å²) in [6.07, 6.45) is -4.32. The molecule has 1 aliphatic heterocycles. The first-order chi connectivity index (χ1) is 8.18. The van der Waals surface area contributed by atoms with Gasteiger partial charge in [0.2, 0.25) is 0 Å². The van der Waals surface area contributed by atoms with Crippen LogP contribution in [0, 0.1) is 5.41 Å². The van der Waals surface area contributed by atoms with E-state index in [1.807, 2.05) is 20.8 Å². The molecule has 0 atom stereocenters. The third-order valence-electron chi connectivity index (χ3n) is 3.88. The maximum absolute atomic E-state index is 13.1. The van der Waals surface area contributed by atoms with E-state index >= 15 is 0 Å². The zero-order valence-corrected chi connectivity index (χ0v) is 10.8. The zero-order valence-electron chi connectivity index (χ0n) is 10.8. The topological polar surface area (TPSA) is 9.23 Å². The molecule has 0 aliphatic carbocycles. The van der Waals surface area contributed by atoms with Crippen molar-refractivity contribution in [1.29, 1.82) is 0 Å². The highest BCUT2D eigenvalue weighted by molar-refractivity contribution is 5.39. The maximum Gasteiger partial charge on any atom is 0.416 e. The van der Waals surface area contributed by atoms with Gasteiger partial charge in [0.15, 0.2) is 0 Å². The third-order valence-corrected chi connectivity index (χ3v) is 3.88. The van der Waals surface area contributed by atoms with Crippen molar-refractivity contribution in [3.8, 4) is 0 Å². The van der Waals surface area contributed by atoms with Crippen LogP contribution in [0.15, 0.2) is 24.3 Å². The molecule has 0 radical (unpaired) electrons. The first-order valence-corrected chi connectivity index (χ1v) is 5.93. The van der Waals surface area contributed by atoms with Crippen molar-refractivity contribution < 1.29 is 17.9 Å². The van der Waals surface area contributed by atoms with Gasteiger partial charge in [-0.1, -0.05) is 39.0 Å². The smallest absolute Gasteiger partial charge is 0.379 e. The number of benzene rings is 1. The zero-order chi connectivity index (χ0) is 13.6. The number of hydrogen-bond donors (Lipinski definition) is 0. The lowest BCUT2D eigenvalue weighted by molar-refractivity contribution is -0.147. The monoisotopic (exact) mass is 258 g/mol. The molecule has 1 aromatic carbocycles. The van der Waals surface area contributed by atoms with Crippen LogP contribution in [0.25, 0.3) is 0 Å². The second-order valence-corrected chi connectivity index (χ2v) is 5.87. The van der Waals surface area contributed by atoms with Crippen LogP contribution >= 0.6 is 0 Å². The van der Waals surface area contributed by atoms with Crippen molar-refractivity contribution in [2.75, 3.05) is 13.2 Å². The van der Waals surface area contributed by atoms with Gasteiger partial charge in [-0.2, -0.15) is 13.2 Å². The Morgan fingerprint density at radius 1 is 1.06 bits per heavy atom. The lowest BCUT2D eigenvalue weighted by Crippen LogP contribution is -2.56. The molecule has 0 bridgehead atoms. The molecule has 4 heteroatoms. The molecular formula is C14H17F3O. The second-order valence-electron chi connectivity index (χ2n) is 5.87. The fourth-order valence-electron chi connectivity index (χ4n) is 2.45. The molecule has 0 spiro atoms. The summed E-state index contributed by atoms with van der Waals surface area (Å²) in [6, 6.07) is 5.83. The second kappa shape index (κ2) is 3.98. The van der Waals surface area contributed by atoms with E-state index in [2.05, 4.69) is 0 Å². The van der Waals surface area contributed by atoms with Gasteiger partial charge < -0.3 is 4.74 Å². The van der Waals surface area contributed by atoms with E-state index in [0.717, 1.165) is 6.07 Å². The van der Waals surface area contributed by atoms with Gasteiger partial charge >= 0.3 is 6.18 Å². The Morgan fingerprint density at radius 3 is 2.00 bits per heavy atom. The summed E-state index contributed by atoms with van der Waals surface area (Å²) in [6.45, 7) is 6.58. The summed E-state index contributed by atoms with van der Waals surface area (Å²) in [4.78, 5) is 0. The predicted octanol–water partition coefficient (Wildman–Crippen LogP) is 4.02. The minimum Gasteiger partial charge on any atom is -0.379 e. The molecule has 0 saturated carbocycles. The van der Waals surface area contributed by atoms with Crippen molar-refractivity contribution >= 4 is 0 Å². The van der Waals surface area contributed by atoms with Crippen LogP contribution in [0.5, 0.6) is 0 Å². The van der Waals surface area contributed by atoms with Gasteiger partial charge in [-0.3, -0.25) is 0 Å². The Bertz CT molecular complexity index is 439. The highest BCUT2D eigenvalue weighted by Gasteiger charge is 2.52. The highest BCUT2D eigenvalue weighted by atomic mass is 19.4. The summed E-state index contributed by atoms with van der Waals surface area (Å²) in [5.41, 5.74) is -0.995. The molecule has 0 aromatic heterocycles. The van der Waals surface area contributed by atoms with E-state index < -0.39 is 17.2 Å². The number of alkyl halides is 3. The Kier molecular flexibility index (Phi) is 2.97. The Balaban J connectivity index is 2.58. The van der Waals surface area contributed by atoms with E-state index in [1.54, 1.807) is 12.1 Å². The average molecular weight is 258 g/mol. The van der Waals surface area contributed by atoms with Gasteiger partial charge in [-0.25, -0.2) is 0 Å². The summed E-state index contributed by atoms with van der Waals surface area (Å²) in [5, 5.41) is 0. The van der Waals surface area contributed by atoms with Crippen molar-refractivity contribution in [2.45, 2.75) is 32.4 Å². The minimum absolute atomic E-state index is 0.271. The van der Waals surface area contributed by atoms with E-state index in [-0.39, 0.29) is 5.41 Å². The lowest BCUT2D eigenvalue weighted by atomic mass is 9.60. The average Bonchev–Trinajstić information content (AvgIpc) is 2.12. The Hall–Kier alpha value is -1.03. The fourth-order valence-corrected chi connectivity index (χ4v) is 2.45. The van der Waals surface area contributed by atoms with E-state index in [4.69, 9.17) is 4.74 Å². The SMILES string of the molecule is CC(C)(C)C1(c2ccccc2C(F)(F)F)COC1. The van der Waals surface area contributed by atoms with Crippen LogP contribution in [-0.2, 0) is 16.3 Å². The van der Waals surface area contributed by atoms with Crippen LogP contribution in [0.1, 0.15) is 31.9 Å². The standard InChI is InChI=1S/C14H17F3O/c1-12(2,3)13(8-18-9-13)10-6-4-5-7-11(10)14(15,16)17/h4-7H,8-9H2,1-3H3. The molecule has 1 aliphatic rings. The van der Waals surface area contributed by atoms with Gasteiger partial charge in [0.25, 0.3) is 0 Å². The van der Waals surface area contributed by atoms with Gasteiger partial charge in [-0.15, -0.1) is 0 Å². The molecule has 0 unspecified atom stereocenters. The first kappa shape index (κ1) is 13.4. The number of ether oxygens (including phenoxy) is 1. The van der Waals surface area contributed by atoms with Crippen LogP contribution in [0.2, 0.25) is 0 Å². The summed E-state index contributed by atoms with van der Waals surface area (Å²) < 4.78 is 44.5. The maximum atomic E-state index is 13.1. The fraction of sp³-hybridized carbons (Fsp3) is 0.571. The van der Waals surface area contributed by atoms with Gasteiger partial charge in [0, 0.05) is 5.41 Å². The van der Waals surface area contributed by atoms with Crippen LogP contribution in [0.3, 0.4) is 0 Å². The largest absolute Gasteiger partial charge is 0.416 e. The summed E-state index contributed by atoms with van der Waals surface area (Å²) in [5.74, 6) is 0. The number of halogens is 3. The van der Waals surface area contributed by atoms with Crippen molar-refractivity contribution in [1.82, 2.24) is 0 Å². The molecule has 100 valence electrons. The minimum atomic E-state index is -4.32. The van der Waals surface area contributed by atoms with Gasteiger partial charge in [-0.05, 0) is 17.0 Å². The molecule has 2 rings (SSSR count). The molecule has 1 fully saturated rings. The molecule has 1 saturated heterocycles. The Labute approximate surface area is 105 Å². The predicted molar refractivity (Wildman–Crippen MR) is 63.4 cm³/mol. The third kappa shape index (κ3) is 1.92. The normalized spacial score (nSPS) is 19.4. The molecule has 1 nitrogen and oxygen atoms in total. The van der Waals surface area contributed by atoms with Crippen molar-refractivity contribution in [2.24, 2.45) is 5.41 Å². The van der Waals surface area contributed by atoms with Crippen LogP contribution < -0.4 is 0 Å². The quantitative estimate of drug-likeness (QED) is 0.739. The number of hydrogen-bond acceptors (Lipinski definition) is 1. The number of rotatable bonds is 1. The van der Waals surface area contributed by atoms with Crippen LogP contribution in [-0.4, -0.2) is 13.2 Å².